The Bertz CT molecular complexity index is 743. The maximum Gasteiger partial charge on any atom is 0.307 e. The molecule has 0 radical (unpaired) electrons. The van der Waals surface area contributed by atoms with Crippen molar-refractivity contribution in [3.63, 3.8) is 0 Å². The van der Waals surface area contributed by atoms with Gasteiger partial charge < -0.3 is 4.74 Å². The standard InChI is InChI=1S/C11H3Cl3F2N2O3/c12-4-1-5(13)11(17-10(4)14)21-9-3-6(15)8(18(19)20)2-7(9)16/h1-3H. The van der Waals surface area contributed by atoms with Crippen LogP contribution in [0.1, 0.15) is 0 Å². The van der Waals surface area contributed by atoms with E-state index in [1.165, 1.54) is 6.07 Å². The summed E-state index contributed by atoms with van der Waals surface area (Å²) in [6.45, 7) is 0. The van der Waals surface area contributed by atoms with Crippen molar-refractivity contribution < 1.29 is 18.4 Å². The molecule has 0 saturated carbocycles. The summed E-state index contributed by atoms with van der Waals surface area (Å²) in [5.41, 5.74) is -1.02. The highest BCUT2D eigenvalue weighted by atomic mass is 35.5. The summed E-state index contributed by atoms with van der Waals surface area (Å²) in [5, 5.41) is 10.3. The Balaban J connectivity index is 2.43. The lowest BCUT2D eigenvalue weighted by Crippen LogP contribution is -1.98. The normalized spacial score (nSPS) is 10.5. The van der Waals surface area contributed by atoms with Crippen molar-refractivity contribution in [2.24, 2.45) is 0 Å². The number of pyridine rings is 1. The predicted molar refractivity (Wildman–Crippen MR) is 72.4 cm³/mol. The third-order valence-electron chi connectivity index (χ3n) is 2.26. The predicted octanol–water partition coefficient (Wildman–Crippen LogP) is 5.02. The molecule has 110 valence electrons. The molecule has 0 aliphatic heterocycles. The highest BCUT2D eigenvalue weighted by Crippen LogP contribution is 2.35. The zero-order valence-corrected chi connectivity index (χ0v) is 12.0. The minimum absolute atomic E-state index is 0.0457. The maximum atomic E-state index is 13.7. The summed E-state index contributed by atoms with van der Waals surface area (Å²) in [4.78, 5) is 13.1. The highest BCUT2D eigenvalue weighted by molar-refractivity contribution is 6.42. The lowest BCUT2D eigenvalue weighted by Gasteiger charge is -2.08. The molecule has 21 heavy (non-hydrogen) atoms. The maximum absolute atomic E-state index is 13.7. The Hall–Kier alpha value is -1.70. The van der Waals surface area contributed by atoms with Crippen LogP contribution < -0.4 is 4.74 Å². The summed E-state index contributed by atoms with van der Waals surface area (Å²) in [6.07, 6.45) is 0. The average Bonchev–Trinajstić information content (AvgIpc) is 2.39. The van der Waals surface area contributed by atoms with Gasteiger partial charge in [0.25, 0.3) is 0 Å². The summed E-state index contributed by atoms with van der Waals surface area (Å²) >= 11 is 17.1. The van der Waals surface area contributed by atoms with E-state index in [2.05, 4.69) is 4.98 Å². The fourth-order valence-electron chi connectivity index (χ4n) is 1.34. The van der Waals surface area contributed by atoms with Crippen LogP contribution in [-0.2, 0) is 0 Å². The van der Waals surface area contributed by atoms with Gasteiger partial charge in [-0.25, -0.2) is 4.39 Å². The smallest absolute Gasteiger partial charge is 0.307 e. The first kappa shape index (κ1) is 15.7. The number of ether oxygens (including phenoxy) is 1. The molecule has 1 aromatic heterocycles. The molecule has 0 unspecified atom stereocenters. The van der Waals surface area contributed by atoms with E-state index < -0.39 is 28.0 Å². The van der Waals surface area contributed by atoms with Crippen molar-refractivity contribution in [2.75, 3.05) is 0 Å². The molecule has 5 nitrogen and oxygen atoms in total. The second-order valence-corrected chi connectivity index (χ2v) is 4.81. The van der Waals surface area contributed by atoms with Gasteiger partial charge in [0.15, 0.2) is 16.7 Å². The largest absolute Gasteiger partial charge is 0.434 e. The van der Waals surface area contributed by atoms with Gasteiger partial charge in [-0.15, -0.1) is 0 Å². The number of aromatic nitrogens is 1. The first-order chi connectivity index (χ1) is 9.79. The quantitative estimate of drug-likeness (QED) is 0.440. The summed E-state index contributed by atoms with van der Waals surface area (Å²) in [5.74, 6) is -3.39. The van der Waals surface area contributed by atoms with E-state index in [1.54, 1.807) is 0 Å². The van der Waals surface area contributed by atoms with Crippen LogP contribution in [0.4, 0.5) is 14.5 Å². The van der Waals surface area contributed by atoms with Gasteiger partial charge in [-0.3, -0.25) is 10.1 Å². The number of hydrogen-bond donors (Lipinski definition) is 0. The Labute approximate surface area is 131 Å². The third kappa shape index (κ3) is 3.31. The van der Waals surface area contributed by atoms with E-state index in [-0.39, 0.29) is 21.1 Å². The number of nitrogens with zero attached hydrogens (tertiary/aromatic N) is 2. The molecule has 2 rings (SSSR count). The van der Waals surface area contributed by atoms with Crippen LogP contribution in [0.3, 0.4) is 0 Å². The van der Waals surface area contributed by atoms with Gasteiger partial charge >= 0.3 is 5.69 Å². The van der Waals surface area contributed by atoms with Gasteiger partial charge in [0.05, 0.1) is 16.0 Å². The van der Waals surface area contributed by atoms with Crippen LogP contribution in [0.5, 0.6) is 11.6 Å². The molecule has 0 spiro atoms. The fraction of sp³-hybridized carbons (Fsp3) is 0. The van der Waals surface area contributed by atoms with E-state index in [9.17, 15) is 18.9 Å². The molecule has 0 aliphatic carbocycles. The second-order valence-electron chi connectivity index (χ2n) is 3.64. The van der Waals surface area contributed by atoms with Crippen LogP contribution in [0.15, 0.2) is 18.2 Å². The summed E-state index contributed by atoms with van der Waals surface area (Å²) in [6, 6.07) is 2.09. The lowest BCUT2D eigenvalue weighted by molar-refractivity contribution is -0.387. The number of rotatable bonds is 3. The number of nitro benzene ring substituents is 1. The molecule has 0 N–H and O–H groups in total. The SMILES string of the molecule is O=[N+]([O-])c1cc(F)c(Oc2nc(Cl)c(Cl)cc2Cl)cc1F. The molecule has 0 fully saturated rings. The number of benzene rings is 1. The monoisotopic (exact) mass is 354 g/mol. The first-order valence-corrected chi connectivity index (χ1v) is 6.26. The van der Waals surface area contributed by atoms with E-state index in [1.807, 2.05) is 0 Å². The molecular formula is C11H3Cl3F2N2O3. The van der Waals surface area contributed by atoms with E-state index in [0.29, 0.717) is 12.1 Å². The van der Waals surface area contributed by atoms with Gasteiger partial charge in [0.2, 0.25) is 11.7 Å². The van der Waals surface area contributed by atoms with Crippen molar-refractivity contribution in [1.82, 2.24) is 4.98 Å². The van der Waals surface area contributed by atoms with Crippen molar-refractivity contribution in [3.8, 4) is 11.6 Å². The summed E-state index contributed by atoms with van der Waals surface area (Å²) < 4.78 is 32.1. The molecule has 0 saturated heterocycles. The lowest BCUT2D eigenvalue weighted by atomic mass is 10.3. The minimum Gasteiger partial charge on any atom is -0.434 e. The molecule has 1 aromatic carbocycles. The van der Waals surface area contributed by atoms with Gasteiger partial charge in [-0.2, -0.15) is 9.37 Å². The van der Waals surface area contributed by atoms with Crippen molar-refractivity contribution in [2.45, 2.75) is 0 Å². The molecule has 0 bridgehead atoms. The van der Waals surface area contributed by atoms with Crippen molar-refractivity contribution in [1.29, 1.82) is 0 Å². The first-order valence-electron chi connectivity index (χ1n) is 5.12. The Morgan fingerprint density at radius 1 is 1.10 bits per heavy atom. The van der Waals surface area contributed by atoms with Gasteiger partial charge in [0.1, 0.15) is 5.02 Å². The highest BCUT2D eigenvalue weighted by Gasteiger charge is 2.21. The van der Waals surface area contributed by atoms with E-state index in [0.717, 1.165) is 0 Å². The van der Waals surface area contributed by atoms with E-state index >= 15 is 0 Å². The van der Waals surface area contributed by atoms with Crippen LogP contribution in [0.2, 0.25) is 15.2 Å². The van der Waals surface area contributed by atoms with Gasteiger partial charge in [0, 0.05) is 6.07 Å². The summed E-state index contributed by atoms with van der Waals surface area (Å²) in [7, 11) is 0. The molecular weight excluding hydrogens is 352 g/mol. The zero-order valence-electron chi connectivity index (χ0n) is 9.74. The van der Waals surface area contributed by atoms with Crippen LogP contribution in [0.25, 0.3) is 0 Å². The average molecular weight is 356 g/mol. The van der Waals surface area contributed by atoms with E-state index in [4.69, 9.17) is 39.5 Å². The second kappa shape index (κ2) is 5.97. The zero-order chi connectivity index (χ0) is 15.7. The number of halogens is 5. The van der Waals surface area contributed by atoms with Crippen molar-refractivity contribution in [3.05, 3.63) is 55.1 Å². The number of hydrogen-bond acceptors (Lipinski definition) is 4. The molecule has 0 amide bonds. The Morgan fingerprint density at radius 2 is 1.76 bits per heavy atom. The van der Waals surface area contributed by atoms with Crippen LogP contribution >= 0.6 is 34.8 Å². The van der Waals surface area contributed by atoms with Crippen LogP contribution in [0, 0.1) is 21.7 Å². The Kier molecular flexibility index (Phi) is 4.46. The molecule has 0 aliphatic rings. The topological polar surface area (TPSA) is 65.3 Å². The van der Waals surface area contributed by atoms with Gasteiger partial charge in [-0.1, -0.05) is 34.8 Å². The fourth-order valence-corrected chi connectivity index (χ4v) is 1.87. The molecule has 2 aromatic rings. The molecule has 1 heterocycles. The van der Waals surface area contributed by atoms with Gasteiger partial charge in [-0.05, 0) is 6.07 Å². The van der Waals surface area contributed by atoms with Crippen LogP contribution in [-0.4, -0.2) is 9.91 Å². The number of nitro groups is 1. The van der Waals surface area contributed by atoms with Crippen molar-refractivity contribution >= 4 is 40.5 Å². The Morgan fingerprint density at radius 3 is 2.38 bits per heavy atom. The molecule has 10 heteroatoms. The molecule has 0 atom stereocenters. The minimum atomic E-state index is -1.27. The third-order valence-corrected chi connectivity index (χ3v) is 3.20.